The highest BCUT2D eigenvalue weighted by Gasteiger charge is 2.41. The Balaban J connectivity index is 2.11. The number of methoxy groups -OCH3 is 1. The number of halogens is 2. The molecule has 5 nitrogen and oxygen atoms in total. The quantitative estimate of drug-likeness (QED) is 0.497. The number of rotatable bonds is 2. The first-order chi connectivity index (χ1) is 12.8. The molecule has 3 rings (SSSR count). The summed E-state index contributed by atoms with van der Waals surface area (Å²) in [6.07, 6.45) is 0.168. The van der Waals surface area contributed by atoms with E-state index in [-0.39, 0.29) is 12.1 Å². The van der Waals surface area contributed by atoms with Gasteiger partial charge in [0, 0.05) is 41.4 Å². The summed E-state index contributed by atoms with van der Waals surface area (Å²) in [5, 5.41) is 0. The number of nitrogens with two attached hydrogens (primary N) is 1. The molecule has 0 atom stereocenters. The minimum absolute atomic E-state index is 0.120. The number of carbonyl (C=O) groups excluding carboxylic acids is 2. The third-order valence-corrected chi connectivity index (χ3v) is 4.39. The molecule has 1 aliphatic heterocycles. The average Bonchev–Trinajstić information content (AvgIpc) is 2.76. The normalized spacial score (nSPS) is 17.1. The Labute approximate surface area is 155 Å². The van der Waals surface area contributed by atoms with Crippen molar-refractivity contribution >= 4 is 28.8 Å². The lowest BCUT2D eigenvalue weighted by atomic mass is 9.97. The fourth-order valence-electron chi connectivity index (χ4n) is 2.99. The second-order valence-electron chi connectivity index (χ2n) is 6.13. The molecule has 0 aliphatic carbocycles. The lowest BCUT2D eigenvalue weighted by molar-refractivity contribution is -0.134. The zero-order valence-electron chi connectivity index (χ0n) is 14.6. The molecular weight excluding hydrogens is 354 g/mol. The van der Waals surface area contributed by atoms with Crippen molar-refractivity contribution in [3.63, 3.8) is 0 Å². The Kier molecular flexibility index (Phi) is 4.94. The van der Waals surface area contributed by atoms with Gasteiger partial charge in [0.15, 0.2) is 0 Å². The van der Waals surface area contributed by atoms with Crippen LogP contribution in [0, 0.1) is 0 Å². The van der Waals surface area contributed by atoms with Crippen molar-refractivity contribution in [3.05, 3.63) is 65.7 Å². The Hall–Kier alpha value is -3.22. The molecule has 0 unspecified atom stereocenters. The molecular formula is C20H18F2N2O3. The van der Waals surface area contributed by atoms with Gasteiger partial charge in [0.2, 0.25) is 0 Å². The van der Waals surface area contributed by atoms with E-state index >= 15 is 0 Å². The first-order valence-corrected chi connectivity index (χ1v) is 8.28. The molecule has 0 saturated carbocycles. The van der Waals surface area contributed by atoms with Crippen molar-refractivity contribution in [2.24, 2.45) is 0 Å². The third kappa shape index (κ3) is 3.67. The average molecular weight is 372 g/mol. The van der Waals surface area contributed by atoms with Crippen LogP contribution < -0.4 is 10.6 Å². The number of amides is 1. The summed E-state index contributed by atoms with van der Waals surface area (Å²) in [6.45, 7) is -0.203. The van der Waals surface area contributed by atoms with Gasteiger partial charge in [-0.1, -0.05) is 18.2 Å². The van der Waals surface area contributed by atoms with E-state index in [2.05, 4.69) is 4.74 Å². The molecule has 1 heterocycles. The number of alkyl halides is 2. The number of nitrogens with zero attached hydrogens (tertiary/aromatic N) is 1. The van der Waals surface area contributed by atoms with Gasteiger partial charge in [-0.15, -0.1) is 0 Å². The van der Waals surface area contributed by atoms with E-state index in [0.717, 1.165) is 13.2 Å². The molecule has 2 aromatic rings. The Morgan fingerprint density at radius 3 is 2.48 bits per heavy atom. The number of hydrogen-bond donors (Lipinski definition) is 1. The van der Waals surface area contributed by atoms with E-state index < -0.39 is 29.8 Å². The summed E-state index contributed by atoms with van der Waals surface area (Å²) in [4.78, 5) is 25.9. The number of esters is 1. The second-order valence-corrected chi connectivity index (χ2v) is 6.13. The summed E-state index contributed by atoms with van der Waals surface area (Å²) in [6, 6.07) is 12.5. The number of benzene rings is 2. The highest BCUT2D eigenvalue weighted by atomic mass is 19.3. The summed E-state index contributed by atoms with van der Waals surface area (Å²) in [5.74, 6) is -4.59. The smallest absolute Gasteiger partial charge is 0.330 e. The lowest BCUT2D eigenvalue weighted by Crippen LogP contribution is -2.33. The minimum Gasteiger partial charge on any atom is -0.466 e. The zero-order valence-corrected chi connectivity index (χ0v) is 14.6. The predicted octanol–water partition coefficient (Wildman–Crippen LogP) is 3.51. The molecule has 27 heavy (non-hydrogen) atoms. The molecule has 0 aromatic heterocycles. The topological polar surface area (TPSA) is 72.6 Å². The number of ether oxygens (including phenoxy) is 1. The number of allylic oxidation sites excluding steroid dienone is 1. The maximum atomic E-state index is 14.8. The van der Waals surface area contributed by atoms with E-state index in [1.165, 1.54) is 11.0 Å². The number of hydrogen-bond acceptors (Lipinski definition) is 4. The second kappa shape index (κ2) is 7.19. The van der Waals surface area contributed by atoms with Crippen molar-refractivity contribution in [1.29, 1.82) is 0 Å². The van der Waals surface area contributed by atoms with Crippen LogP contribution in [-0.4, -0.2) is 31.5 Å². The maximum Gasteiger partial charge on any atom is 0.330 e. The van der Waals surface area contributed by atoms with Gasteiger partial charge in [0.1, 0.15) is 0 Å². The van der Waals surface area contributed by atoms with Crippen molar-refractivity contribution in [2.75, 3.05) is 24.3 Å². The molecule has 2 N–H and O–H groups in total. The fraction of sp³-hybridized carbons (Fsp3) is 0.200. The van der Waals surface area contributed by atoms with Crippen molar-refractivity contribution in [2.45, 2.75) is 12.3 Å². The molecule has 2 aromatic carbocycles. The summed E-state index contributed by atoms with van der Waals surface area (Å²) in [7, 11) is 1.12. The van der Waals surface area contributed by atoms with Gasteiger partial charge in [-0.2, -0.15) is 0 Å². The Morgan fingerprint density at radius 2 is 1.81 bits per heavy atom. The molecule has 0 radical (unpaired) electrons. The van der Waals surface area contributed by atoms with Crippen LogP contribution in [-0.2, 0) is 9.53 Å². The lowest BCUT2D eigenvalue weighted by Gasteiger charge is -2.22. The van der Waals surface area contributed by atoms with Gasteiger partial charge >= 0.3 is 5.97 Å². The molecule has 0 spiro atoms. The van der Waals surface area contributed by atoms with Gasteiger partial charge in [-0.3, -0.25) is 4.79 Å². The van der Waals surface area contributed by atoms with Crippen LogP contribution in [0.25, 0.3) is 5.57 Å². The van der Waals surface area contributed by atoms with Gasteiger partial charge in [-0.05, 0) is 30.3 Å². The first kappa shape index (κ1) is 18.6. The molecule has 0 bridgehead atoms. The molecule has 1 aliphatic rings. The standard InChI is InChI=1S/C20H18F2N2O3/c1-27-18(25)12-16-15-4-2-3-5-17(15)24(11-10-20(16,21)22)19(26)13-6-8-14(23)9-7-13/h2-9,12H,10-11,23H2,1H3/b16-12-. The number of anilines is 2. The Bertz CT molecular complexity index is 908. The predicted molar refractivity (Wildman–Crippen MR) is 98.5 cm³/mol. The maximum absolute atomic E-state index is 14.8. The van der Waals surface area contributed by atoms with Crippen molar-refractivity contribution in [3.8, 4) is 0 Å². The van der Waals surface area contributed by atoms with Gasteiger partial charge in [0.05, 0.1) is 12.8 Å². The molecule has 1 amide bonds. The monoisotopic (exact) mass is 372 g/mol. The number of nitrogen functional groups attached to an aromatic ring is 1. The van der Waals surface area contributed by atoms with E-state index in [9.17, 15) is 18.4 Å². The van der Waals surface area contributed by atoms with Crippen LogP contribution in [0.5, 0.6) is 0 Å². The molecule has 0 saturated heterocycles. The van der Waals surface area contributed by atoms with Crippen LogP contribution >= 0.6 is 0 Å². The SMILES string of the molecule is COC(=O)/C=C1/c2ccccc2N(C(=O)c2ccc(N)cc2)CCC1(F)F. The van der Waals surface area contributed by atoms with Crippen LogP contribution in [0.4, 0.5) is 20.2 Å². The fourth-order valence-corrected chi connectivity index (χ4v) is 2.99. The van der Waals surface area contributed by atoms with Gasteiger partial charge in [-0.25, -0.2) is 13.6 Å². The molecule has 7 heteroatoms. The van der Waals surface area contributed by atoms with Crippen molar-refractivity contribution in [1.82, 2.24) is 0 Å². The van der Waals surface area contributed by atoms with Crippen molar-refractivity contribution < 1.29 is 23.1 Å². The van der Waals surface area contributed by atoms with Crippen LogP contribution in [0.2, 0.25) is 0 Å². The first-order valence-electron chi connectivity index (χ1n) is 8.28. The van der Waals surface area contributed by atoms with E-state index in [1.54, 1.807) is 42.5 Å². The highest BCUT2D eigenvalue weighted by molar-refractivity contribution is 6.08. The van der Waals surface area contributed by atoms with E-state index in [0.29, 0.717) is 16.9 Å². The summed E-state index contributed by atoms with van der Waals surface area (Å²) in [5.41, 5.74) is 6.45. The molecule has 0 fully saturated rings. The highest BCUT2D eigenvalue weighted by Crippen LogP contribution is 2.43. The number of carbonyl (C=O) groups is 2. The largest absolute Gasteiger partial charge is 0.466 e. The van der Waals surface area contributed by atoms with Crippen LogP contribution in [0.15, 0.2) is 54.6 Å². The minimum atomic E-state index is -3.29. The number of para-hydroxylation sites is 1. The van der Waals surface area contributed by atoms with E-state index in [4.69, 9.17) is 5.73 Å². The van der Waals surface area contributed by atoms with Gasteiger partial charge in [0.25, 0.3) is 11.8 Å². The summed E-state index contributed by atoms with van der Waals surface area (Å²) >= 11 is 0. The third-order valence-electron chi connectivity index (χ3n) is 4.39. The van der Waals surface area contributed by atoms with Crippen LogP contribution in [0.3, 0.4) is 0 Å². The summed E-state index contributed by atoms with van der Waals surface area (Å²) < 4.78 is 34.0. The van der Waals surface area contributed by atoms with E-state index in [1.807, 2.05) is 0 Å². The number of fused-ring (bicyclic) bond motifs is 1. The van der Waals surface area contributed by atoms with Gasteiger partial charge < -0.3 is 15.4 Å². The Morgan fingerprint density at radius 1 is 1.15 bits per heavy atom. The zero-order chi connectivity index (χ0) is 19.6. The van der Waals surface area contributed by atoms with Crippen LogP contribution in [0.1, 0.15) is 22.3 Å². The molecule has 140 valence electrons.